The lowest BCUT2D eigenvalue weighted by molar-refractivity contribution is -0.152. The molecule has 17 heavy (non-hydrogen) atoms. The Morgan fingerprint density at radius 1 is 1.35 bits per heavy atom. The van der Waals surface area contributed by atoms with Gasteiger partial charge in [-0.1, -0.05) is 13.8 Å². The molecule has 1 unspecified atom stereocenters. The van der Waals surface area contributed by atoms with E-state index in [-0.39, 0.29) is 18.6 Å². The standard InChI is InChI=1S/C11H21O5P/c1-5-15-17(13,16-6-2)9-7-11(3,4)8-14-10(9)12/h9H,5-8H2,1-4H3. The van der Waals surface area contributed by atoms with E-state index >= 15 is 0 Å². The third-order valence-electron chi connectivity index (χ3n) is 2.62. The van der Waals surface area contributed by atoms with Crippen LogP contribution in [0.1, 0.15) is 34.1 Å². The van der Waals surface area contributed by atoms with E-state index in [1.807, 2.05) is 13.8 Å². The molecule has 0 bridgehead atoms. The lowest BCUT2D eigenvalue weighted by Crippen LogP contribution is -2.40. The first-order valence-electron chi connectivity index (χ1n) is 5.90. The number of carbonyl (C=O) groups excluding carboxylic acids is 1. The zero-order valence-electron chi connectivity index (χ0n) is 10.9. The van der Waals surface area contributed by atoms with E-state index in [0.717, 1.165) is 0 Å². The molecule has 0 amide bonds. The number of rotatable bonds is 5. The van der Waals surface area contributed by atoms with Crippen molar-refractivity contribution in [2.75, 3.05) is 19.8 Å². The summed E-state index contributed by atoms with van der Waals surface area (Å²) in [4.78, 5) is 11.7. The van der Waals surface area contributed by atoms with Crippen molar-refractivity contribution in [3.63, 3.8) is 0 Å². The first kappa shape index (κ1) is 14.7. The van der Waals surface area contributed by atoms with Crippen LogP contribution in [0.4, 0.5) is 0 Å². The van der Waals surface area contributed by atoms with Gasteiger partial charge in [0.2, 0.25) is 0 Å². The van der Waals surface area contributed by atoms with Crippen molar-refractivity contribution in [2.45, 2.75) is 39.8 Å². The van der Waals surface area contributed by atoms with Crippen molar-refractivity contribution in [3.8, 4) is 0 Å². The number of ether oxygens (including phenoxy) is 1. The van der Waals surface area contributed by atoms with Crippen molar-refractivity contribution in [1.29, 1.82) is 0 Å². The van der Waals surface area contributed by atoms with Crippen molar-refractivity contribution < 1.29 is 23.1 Å². The molecule has 0 radical (unpaired) electrons. The summed E-state index contributed by atoms with van der Waals surface area (Å²) in [6.45, 7) is 8.24. The number of cyclic esters (lactones) is 1. The zero-order valence-corrected chi connectivity index (χ0v) is 11.8. The van der Waals surface area contributed by atoms with E-state index in [2.05, 4.69) is 0 Å². The van der Waals surface area contributed by atoms with Gasteiger partial charge in [-0.3, -0.25) is 9.36 Å². The average Bonchev–Trinajstić information content (AvgIpc) is 2.22. The van der Waals surface area contributed by atoms with Crippen LogP contribution in [0.15, 0.2) is 0 Å². The van der Waals surface area contributed by atoms with Crippen LogP contribution in [0.5, 0.6) is 0 Å². The highest BCUT2D eigenvalue weighted by molar-refractivity contribution is 7.55. The molecule has 0 aromatic rings. The monoisotopic (exact) mass is 264 g/mol. The summed E-state index contributed by atoms with van der Waals surface area (Å²) in [7, 11) is -3.41. The van der Waals surface area contributed by atoms with E-state index in [1.165, 1.54) is 0 Å². The fourth-order valence-corrected chi connectivity index (χ4v) is 4.05. The molecule has 1 atom stereocenters. The minimum atomic E-state index is -3.41. The van der Waals surface area contributed by atoms with Gasteiger partial charge in [0.25, 0.3) is 0 Å². The Morgan fingerprint density at radius 2 is 1.88 bits per heavy atom. The van der Waals surface area contributed by atoms with Crippen molar-refractivity contribution >= 4 is 13.6 Å². The molecule has 6 heteroatoms. The molecule has 0 aromatic heterocycles. The first-order chi connectivity index (χ1) is 7.84. The molecular formula is C11H21O5P. The predicted molar refractivity (Wildman–Crippen MR) is 64.0 cm³/mol. The Morgan fingerprint density at radius 3 is 2.35 bits per heavy atom. The van der Waals surface area contributed by atoms with Gasteiger partial charge in [0.1, 0.15) is 0 Å². The molecule has 0 spiro atoms. The van der Waals surface area contributed by atoms with E-state index < -0.39 is 19.2 Å². The normalized spacial score (nSPS) is 24.5. The van der Waals surface area contributed by atoms with E-state index in [9.17, 15) is 9.36 Å². The molecule has 0 N–H and O–H groups in total. The summed E-state index contributed by atoms with van der Waals surface area (Å²) in [5, 5.41) is 0. The van der Waals surface area contributed by atoms with Gasteiger partial charge in [0.15, 0.2) is 5.66 Å². The first-order valence-corrected chi connectivity index (χ1v) is 7.51. The molecule has 1 fully saturated rings. The zero-order chi connectivity index (χ0) is 13.1. The van der Waals surface area contributed by atoms with Crippen LogP contribution >= 0.6 is 7.60 Å². The van der Waals surface area contributed by atoms with Crippen LogP contribution < -0.4 is 0 Å². The Balaban J connectivity index is 2.92. The molecule has 100 valence electrons. The van der Waals surface area contributed by atoms with E-state index in [1.54, 1.807) is 13.8 Å². The Kier molecular flexibility index (Phi) is 4.76. The minimum Gasteiger partial charge on any atom is -0.464 e. The van der Waals surface area contributed by atoms with Gasteiger partial charge in [-0.25, -0.2) is 0 Å². The van der Waals surface area contributed by atoms with Crippen LogP contribution in [0.2, 0.25) is 0 Å². The molecule has 5 nitrogen and oxygen atoms in total. The number of esters is 1. The van der Waals surface area contributed by atoms with Gasteiger partial charge in [0, 0.05) is 5.41 Å². The van der Waals surface area contributed by atoms with E-state index in [4.69, 9.17) is 13.8 Å². The molecule has 0 aromatic carbocycles. The quantitative estimate of drug-likeness (QED) is 0.564. The van der Waals surface area contributed by atoms with Crippen molar-refractivity contribution in [1.82, 2.24) is 0 Å². The molecule has 0 aliphatic carbocycles. The maximum Gasteiger partial charge on any atom is 0.344 e. The van der Waals surface area contributed by atoms with Gasteiger partial charge in [0.05, 0.1) is 19.8 Å². The fraction of sp³-hybridized carbons (Fsp3) is 0.909. The number of hydrogen-bond donors (Lipinski definition) is 0. The number of carbonyl (C=O) groups is 1. The summed E-state index contributed by atoms with van der Waals surface area (Å²) in [5.74, 6) is -0.477. The van der Waals surface area contributed by atoms with Crippen LogP contribution in [0.3, 0.4) is 0 Å². The predicted octanol–water partition coefficient (Wildman–Crippen LogP) is 2.59. The maximum atomic E-state index is 12.5. The van der Waals surface area contributed by atoms with Crippen LogP contribution in [-0.2, 0) is 23.1 Å². The van der Waals surface area contributed by atoms with Crippen LogP contribution in [-0.4, -0.2) is 31.4 Å². The fourth-order valence-electron chi connectivity index (χ4n) is 1.85. The average molecular weight is 264 g/mol. The summed E-state index contributed by atoms with van der Waals surface area (Å²) in [6, 6.07) is 0. The topological polar surface area (TPSA) is 61.8 Å². The smallest absolute Gasteiger partial charge is 0.344 e. The minimum absolute atomic E-state index is 0.192. The summed E-state index contributed by atoms with van der Waals surface area (Å²) < 4.78 is 28.0. The largest absolute Gasteiger partial charge is 0.464 e. The molecule has 0 saturated carbocycles. The highest BCUT2D eigenvalue weighted by Gasteiger charge is 2.48. The lowest BCUT2D eigenvalue weighted by atomic mass is 9.87. The summed E-state index contributed by atoms with van der Waals surface area (Å²) >= 11 is 0. The Labute approximate surface area is 102 Å². The van der Waals surface area contributed by atoms with Gasteiger partial charge in [-0.15, -0.1) is 0 Å². The van der Waals surface area contributed by atoms with Crippen LogP contribution in [0, 0.1) is 5.41 Å². The SMILES string of the molecule is CCOP(=O)(OCC)C1CC(C)(C)COC1=O. The Bertz CT molecular complexity index is 316. The highest BCUT2D eigenvalue weighted by Crippen LogP contribution is 2.57. The number of hydrogen-bond acceptors (Lipinski definition) is 5. The second kappa shape index (κ2) is 5.51. The van der Waals surface area contributed by atoms with Gasteiger partial charge in [-0.2, -0.15) is 0 Å². The molecule has 1 aliphatic rings. The molecule has 1 aliphatic heterocycles. The summed E-state index contributed by atoms with van der Waals surface area (Å²) in [6.07, 6.45) is 0.461. The molecular weight excluding hydrogens is 243 g/mol. The third kappa shape index (κ3) is 3.54. The van der Waals surface area contributed by atoms with Gasteiger partial charge >= 0.3 is 13.6 Å². The Hall–Kier alpha value is -0.380. The summed E-state index contributed by atoms with van der Waals surface area (Å²) in [5.41, 5.74) is -0.992. The van der Waals surface area contributed by atoms with Gasteiger partial charge < -0.3 is 13.8 Å². The molecule has 1 rings (SSSR count). The van der Waals surface area contributed by atoms with Crippen molar-refractivity contribution in [2.24, 2.45) is 5.41 Å². The van der Waals surface area contributed by atoms with Gasteiger partial charge in [-0.05, 0) is 20.3 Å². The van der Waals surface area contributed by atoms with Crippen LogP contribution in [0.25, 0.3) is 0 Å². The molecule has 1 heterocycles. The van der Waals surface area contributed by atoms with Crippen molar-refractivity contribution in [3.05, 3.63) is 0 Å². The molecule has 1 saturated heterocycles. The second-order valence-corrected chi connectivity index (χ2v) is 7.09. The maximum absolute atomic E-state index is 12.5. The highest BCUT2D eigenvalue weighted by atomic mass is 31.2. The van der Waals surface area contributed by atoms with E-state index in [0.29, 0.717) is 13.0 Å². The second-order valence-electron chi connectivity index (χ2n) is 4.87. The lowest BCUT2D eigenvalue weighted by Gasteiger charge is -2.36. The third-order valence-corrected chi connectivity index (χ3v) is 5.02.